The second kappa shape index (κ2) is 3.29. The van der Waals surface area contributed by atoms with E-state index in [0.29, 0.717) is 0 Å². The van der Waals surface area contributed by atoms with Crippen LogP contribution >= 0.6 is 0 Å². The van der Waals surface area contributed by atoms with Crippen molar-refractivity contribution in [1.82, 2.24) is 0 Å². The van der Waals surface area contributed by atoms with E-state index in [9.17, 15) is 13.2 Å². The molecule has 68 valence electrons. The minimum atomic E-state index is -4.19. The first-order chi connectivity index (χ1) is 5.54. The molecule has 1 aliphatic rings. The number of aliphatic imine (C=N–C) groups is 1. The lowest BCUT2D eigenvalue weighted by Crippen LogP contribution is -2.28. The summed E-state index contributed by atoms with van der Waals surface area (Å²) >= 11 is 0. The normalized spacial score (nSPS) is 24.0. The van der Waals surface area contributed by atoms with Gasteiger partial charge in [0.15, 0.2) is 0 Å². The molecule has 0 aromatic heterocycles. The Hall–Kier alpha value is -0.800. The lowest BCUT2D eigenvalue weighted by Gasteiger charge is -2.17. The van der Waals surface area contributed by atoms with Crippen LogP contribution in [0, 0.1) is 0 Å². The SMILES string of the molecule is CCC1=CCC(C(F)(F)F)N=C1. The zero-order valence-corrected chi connectivity index (χ0v) is 6.73. The van der Waals surface area contributed by atoms with Crippen molar-refractivity contribution in [2.24, 2.45) is 4.99 Å². The van der Waals surface area contributed by atoms with Gasteiger partial charge in [0, 0.05) is 6.21 Å². The largest absolute Gasteiger partial charge is 0.411 e. The minimum Gasteiger partial charge on any atom is -0.280 e. The topological polar surface area (TPSA) is 12.4 Å². The van der Waals surface area contributed by atoms with Gasteiger partial charge in [-0.25, -0.2) is 0 Å². The Morgan fingerprint density at radius 1 is 1.58 bits per heavy atom. The van der Waals surface area contributed by atoms with E-state index in [0.717, 1.165) is 12.0 Å². The number of hydrogen-bond donors (Lipinski definition) is 0. The van der Waals surface area contributed by atoms with E-state index in [-0.39, 0.29) is 6.42 Å². The second-order valence-electron chi connectivity index (χ2n) is 2.70. The van der Waals surface area contributed by atoms with Crippen molar-refractivity contribution in [2.45, 2.75) is 32.0 Å². The molecular weight excluding hydrogens is 167 g/mol. The minimum absolute atomic E-state index is 0.0107. The molecule has 1 rings (SSSR count). The van der Waals surface area contributed by atoms with Gasteiger partial charge in [-0.15, -0.1) is 0 Å². The molecule has 0 radical (unpaired) electrons. The van der Waals surface area contributed by atoms with Crippen LogP contribution in [0.4, 0.5) is 13.2 Å². The van der Waals surface area contributed by atoms with Gasteiger partial charge in [-0.2, -0.15) is 13.2 Å². The van der Waals surface area contributed by atoms with Crippen molar-refractivity contribution in [1.29, 1.82) is 0 Å². The highest BCUT2D eigenvalue weighted by Crippen LogP contribution is 2.27. The van der Waals surface area contributed by atoms with E-state index < -0.39 is 12.2 Å². The first-order valence-electron chi connectivity index (χ1n) is 3.83. The summed E-state index contributed by atoms with van der Waals surface area (Å²) in [5.41, 5.74) is 0.885. The Balaban J connectivity index is 2.60. The van der Waals surface area contributed by atoms with Crippen molar-refractivity contribution >= 4 is 6.21 Å². The number of rotatable bonds is 1. The van der Waals surface area contributed by atoms with Crippen molar-refractivity contribution in [2.75, 3.05) is 0 Å². The average molecular weight is 177 g/mol. The molecule has 0 amide bonds. The smallest absolute Gasteiger partial charge is 0.280 e. The van der Waals surface area contributed by atoms with Crippen LogP contribution in [0.1, 0.15) is 19.8 Å². The van der Waals surface area contributed by atoms with Gasteiger partial charge in [0.05, 0.1) is 0 Å². The number of nitrogens with zero attached hydrogens (tertiary/aromatic N) is 1. The average Bonchev–Trinajstić information content (AvgIpc) is 2.03. The van der Waals surface area contributed by atoms with Crippen molar-refractivity contribution in [3.05, 3.63) is 11.6 Å². The number of hydrogen-bond acceptors (Lipinski definition) is 1. The highest BCUT2D eigenvalue weighted by Gasteiger charge is 2.39. The van der Waals surface area contributed by atoms with Crippen molar-refractivity contribution < 1.29 is 13.2 Å². The Labute approximate surface area is 69.0 Å². The predicted octanol–water partition coefficient (Wildman–Crippen LogP) is 2.73. The molecule has 4 heteroatoms. The predicted molar refractivity (Wildman–Crippen MR) is 41.3 cm³/mol. The third-order valence-corrected chi connectivity index (χ3v) is 1.81. The molecule has 1 heterocycles. The molecule has 0 spiro atoms. The number of alkyl halides is 3. The zero-order chi connectivity index (χ0) is 9.19. The van der Waals surface area contributed by atoms with Gasteiger partial charge >= 0.3 is 6.18 Å². The van der Waals surface area contributed by atoms with E-state index >= 15 is 0 Å². The molecule has 1 aliphatic heterocycles. The van der Waals surface area contributed by atoms with Gasteiger partial charge in [-0.1, -0.05) is 13.0 Å². The Bertz CT molecular complexity index is 215. The fourth-order valence-electron chi connectivity index (χ4n) is 1.02. The van der Waals surface area contributed by atoms with Crippen LogP contribution in [0.3, 0.4) is 0 Å². The third kappa shape index (κ3) is 2.09. The van der Waals surface area contributed by atoms with Crippen molar-refractivity contribution in [3.8, 4) is 0 Å². The van der Waals surface area contributed by atoms with Crippen LogP contribution in [0.25, 0.3) is 0 Å². The maximum absolute atomic E-state index is 12.0. The van der Waals surface area contributed by atoms with Gasteiger partial charge in [-0.3, -0.25) is 4.99 Å². The van der Waals surface area contributed by atoms with Crippen molar-refractivity contribution in [3.63, 3.8) is 0 Å². The molecule has 0 aliphatic carbocycles. The number of dihydropyridines is 1. The summed E-state index contributed by atoms with van der Waals surface area (Å²) in [6.07, 6.45) is -0.531. The Morgan fingerprint density at radius 3 is 2.58 bits per heavy atom. The molecule has 0 aromatic rings. The fraction of sp³-hybridized carbons (Fsp3) is 0.625. The molecule has 1 nitrogen and oxygen atoms in total. The molecule has 1 atom stereocenters. The Morgan fingerprint density at radius 2 is 2.25 bits per heavy atom. The van der Waals surface area contributed by atoms with E-state index in [2.05, 4.69) is 4.99 Å². The molecule has 12 heavy (non-hydrogen) atoms. The maximum atomic E-state index is 12.0. The van der Waals surface area contributed by atoms with E-state index in [1.807, 2.05) is 6.92 Å². The lowest BCUT2D eigenvalue weighted by atomic mass is 10.1. The summed E-state index contributed by atoms with van der Waals surface area (Å²) in [7, 11) is 0. The molecule has 0 saturated heterocycles. The monoisotopic (exact) mass is 177 g/mol. The van der Waals surface area contributed by atoms with Crippen LogP contribution in [0.15, 0.2) is 16.6 Å². The summed E-state index contributed by atoms with van der Waals surface area (Å²) in [6.45, 7) is 1.89. The number of allylic oxidation sites excluding steroid dienone is 1. The van der Waals surface area contributed by atoms with Crippen LogP contribution in [0.2, 0.25) is 0 Å². The molecule has 0 N–H and O–H groups in total. The van der Waals surface area contributed by atoms with Crippen LogP contribution in [-0.2, 0) is 0 Å². The fourth-order valence-corrected chi connectivity index (χ4v) is 1.02. The van der Waals surface area contributed by atoms with Crippen LogP contribution in [-0.4, -0.2) is 18.4 Å². The lowest BCUT2D eigenvalue weighted by molar-refractivity contribution is -0.146. The maximum Gasteiger partial charge on any atom is 0.411 e. The molecule has 0 fully saturated rings. The molecule has 0 aromatic carbocycles. The number of halogens is 3. The summed E-state index contributed by atoms with van der Waals surface area (Å²) in [6, 6.07) is -1.52. The highest BCUT2D eigenvalue weighted by molar-refractivity contribution is 5.79. The first kappa shape index (κ1) is 9.29. The van der Waals surface area contributed by atoms with E-state index in [4.69, 9.17) is 0 Å². The second-order valence-corrected chi connectivity index (χ2v) is 2.70. The zero-order valence-electron chi connectivity index (χ0n) is 6.73. The molecule has 1 unspecified atom stereocenters. The van der Waals surface area contributed by atoms with Crippen LogP contribution < -0.4 is 0 Å². The first-order valence-corrected chi connectivity index (χ1v) is 3.83. The Kier molecular flexibility index (Phi) is 2.55. The highest BCUT2D eigenvalue weighted by atomic mass is 19.4. The summed E-state index contributed by atoms with van der Waals surface area (Å²) in [5, 5.41) is 0. The van der Waals surface area contributed by atoms with Gasteiger partial charge in [0.2, 0.25) is 0 Å². The third-order valence-electron chi connectivity index (χ3n) is 1.81. The standard InChI is InChI=1S/C8H10F3N/c1-2-6-3-4-7(12-5-6)8(9,10)11/h3,5,7H,2,4H2,1H3. The van der Waals surface area contributed by atoms with Gasteiger partial charge in [0.25, 0.3) is 0 Å². The quantitative estimate of drug-likeness (QED) is 0.584. The molecular formula is C8H10F3N. The van der Waals surface area contributed by atoms with Gasteiger partial charge in [-0.05, 0) is 18.4 Å². The summed E-state index contributed by atoms with van der Waals surface area (Å²) in [5.74, 6) is 0. The van der Waals surface area contributed by atoms with E-state index in [1.54, 1.807) is 6.08 Å². The van der Waals surface area contributed by atoms with Crippen LogP contribution in [0.5, 0.6) is 0 Å². The van der Waals surface area contributed by atoms with E-state index in [1.165, 1.54) is 6.21 Å². The molecule has 0 bridgehead atoms. The summed E-state index contributed by atoms with van der Waals surface area (Å²) < 4.78 is 36.1. The van der Waals surface area contributed by atoms with Gasteiger partial charge < -0.3 is 0 Å². The summed E-state index contributed by atoms with van der Waals surface area (Å²) in [4.78, 5) is 3.43. The molecule has 0 saturated carbocycles. The van der Waals surface area contributed by atoms with Gasteiger partial charge in [0.1, 0.15) is 6.04 Å².